The number of amides is 2. The van der Waals surface area contributed by atoms with Crippen LogP contribution in [-0.2, 0) is 25.5 Å². The Morgan fingerprint density at radius 2 is 2.04 bits per heavy atom. The van der Waals surface area contributed by atoms with E-state index in [-0.39, 0.29) is 24.8 Å². The van der Waals surface area contributed by atoms with Gasteiger partial charge < -0.3 is 20.3 Å². The number of quaternary nitrogens is 1. The lowest BCUT2D eigenvalue weighted by atomic mass is 10.1. The number of ether oxygens (including phenoxy) is 1. The molecule has 2 amide bonds. The molecule has 0 spiro atoms. The molecule has 1 aromatic carbocycles. The highest BCUT2D eigenvalue weighted by Crippen LogP contribution is 2.09. The largest absolute Gasteiger partial charge is 0.469 e. The van der Waals surface area contributed by atoms with Crippen molar-refractivity contribution in [2.24, 2.45) is 0 Å². The van der Waals surface area contributed by atoms with Crippen molar-refractivity contribution in [1.82, 2.24) is 5.32 Å². The Balaban J connectivity index is 1.96. The molecule has 7 nitrogen and oxygen atoms in total. The van der Waals surface area contributed by atoms with E-state index >= 15 is 0 Å². The predicted molar refractivity (Wildman–Crippen MR) is 88.6 cm³/mol. The van der Waals surface area contributed by atoms with Crippen LogP contribution in [0.2, 0.25) is 0 Å². The Morgan fingerprint density at radius 1 is 1.33 bits per heavy atom. The topological polar surface area (TPSA) is 88.9 Å². The third kappa shape index (κ3) is 4.79. The summed E-state index contributed by atoms with van der Waals surface area (Å²) in [5.74, 6) is -0.856. The molecule has 1 unspecified atom stereocenters. The van der Waals surface area contributed by atoms with Crippen LogP contribution in [0.4, 0.5) is 5.69 Å². The first-order valence-electron chi connectivity index (χ1n) is 8.11. The molecule has 2 atom stereocenters. The third-order valence-corrected chi connectivity index (χ3v) is 4.19. The zero-order valence-electron chi connectivity index (χ0n) is 14.1. The molecule has 1 saturated heterocycles. The van der Waals surface area contributed by atoms with Crippen LogP contribution in [0.1, 0.15) is 18.9 Å². The summed E-state index contributed by atoms with van der Waals surface area (Å²) in [7, 11) is 1.29. The molecule has 0 saturated carbocycles. The molecule has 3 N–H and O–H groups in total. The molecule has 1 aromatic rings. The number of anilines is 1. The molecule has 0 bridgehead atoms. The van der Waals surface area contributed by atoms with Gasteiger partial charge in [0.1, 0.15) is 6.42 Å². The zero-order chi connectivity index (χ0) is 17.5. The van der Waals surface area contributed by atoms with Gasteiger partial charge in [0.05, 0.1) is 20.2 Å². The Bertz CT molecular complexity index is 600. The van der Waals surface area contributed by atoms with Crippen molar-refractivity contribution < 1.29 is 24.0 Å². The van der Waals surface area contributed by atoms with Gasteiger partial charge in [0, 0.05) is 5.69 Å². The van der Waals surface area contributed by atoms with Crippen LogP contribution in [0.5, 0.6) is 0 Å². The maximum atomic E-state index is 12.3. The summed E-state index contributed by atoms with van der Waals surface area (Å²) in [6.45, 7) is 3.28. The van der Waals surface area contributed by atoms with E-state index in [0.717, 1.165) is 17.0 Å². The average Bonchev–Trinajstić information content (AvgIpc) is 2.58. The second-order valence-corrected chi connectivity index (χ2v) is 5.81. The standard InChI is InChI=1S/C17H23N3O4/c1-3-12-4-6-13(7-5-12)19-15(21)11-20-9-8-18-17(23)14(20)10-16(22)24-2/h4-7,14H,3,8-11H2,1-2H3,(H,18,23)(H,19,21)/p+1/t14-/m1/s1. The van der Waals surface area contributed by atoms with E-state index in [1.54, 1.807) is 0 Å². The lowest BCUT2D eigenvalue weighted by Crippen LogP contribution is -3.20. The van der Waals surface area contributed by atoms with Gasteiger partial charge in [-0.05, 0) is 24.1 Å². The monoisotopic (exact) mass is 334 g/mol. The minimum Gasteiger partial charge on any atom is -0.469 e. The molecule has 0 aliphatic carbocycles. The minimum atomic E-state index is -0.598. The quantitative estimate of drug-likeness (QED) is 0.590. The fourth-order valence-corrected chi connectivity index (χ4v) is 2.76. The second-order valence-electron chi connectivity index (χ2n) is 5.81. The number of methoxy groups -OCH3 is 1. The summed E-state index contributed by atoms with van der Waals surface area (Å²) >= 11 is 0. The highest BCUT2D eigenvalue weighted by molar-refractivity contribution is 5.92. The van der Waals surface area contributed by atoms with Gasteiger partial charge in [-0.15, -0.1) is 0 Å². The summed E-state index contributed by atoms with van der Waals surface area (Å²) < 4.78 is 4.64. The molecule has 1 fully saturated rings. The molecule has 2 rings (SSSR count). The molecule has 24 heavy (non-hydrogen) atoms. The lowest BCUT2D eigenvalue weighted by Gasteiger charge is -2.30. The van der Waals surface area contributed by atoms with Crippen LogP contribution in [-0.4, -0.2) is 50.6 Å². The van der Waals surface area contributed by atoms with Crippen LogP contribution in [0, 0.1) is 0 Å². The van der Waals surface area contributed by atoms with Crippen molar-refractivity contribution in [1.29, 1.82) is 0 Å². The SMILES string of the molecule is CCc1ccc(NC(=O)C[NH+]2CCNC(=O)[C@H]2CC(=O)OC)cc1. The highest BCUT2D eigenvalue weighted by atomic mass is 16.5. The van der Waals surface area contributed by atoms with Crippen LogP contribution >= 0.6 is 0 Å². The molecule has 1 aliphatic heterocycles. The molecular formula is C17H24N3O4+. The van der Waals surface area contributed by atoms with Crippen LogP contribution in [0.3, 0.4) is 0 Å². The summed E-state index contributed by atoms with van der Waals surface area (Å²) in [5, 5.41) is 5.56. The number of benzene rings is 1. The second kappa shape index (κ2) is 8.44. The van der Waals surface area contributed by atoms with E-state index in [2.05, 4.69) is 22.3 Å². The van der Waals surface area contributed by atoms with Crippen molar-refractivity contribution >= 4 is 23.5 Å². The third-order valence-electron chi connectivity index (χ3n) is 4.19. The van der Waals surface area contributed by atoms with Crippen LogP contribution < -0.4 is 15.5 Å². The smallest absolute Gasteiger partial charge is 0.312 e. The fourth-order valence-electron chi connectivity index (χ4n) is 2.76. The molecule has 1 heterocycles. The maximum Gasteiger partial charge on any atom is 0.312 e. The first kappa shape index (κ1) is 17.9. The number of rotatable bonds is 6. The van der Waals surface area contributed by atoms with Crippen LogP contribution in [0.25, 0.3) is 0 Å². The molecule has 1 aliphatic rings. The van der Waals surface area contributed by atoms with Crippen molar-refractivity contribution in [2.75, 3.05) is 32.1 Å². The van der Waals surface area contributed by atoms with Crippen molar-refractivity contribution in [2.45, 2.75) is 25.8 Å². The number of carbonyl (C=O) groups excluding carboxylic acids is 3. The first-order chi connectivity index (χ1) is 11.5. The number of piperazine rings is 1. The van der Waals surface area contributed by atoms with Crippen molar-refractivity contribution in [3.63, 3.8) is 0 Å². The number of esters is 1. The number of hydrogen-bond donors (Lipinski definition) is 3. The summed E-state index contributed by atoms with van der Waals surface area (Å²) in [4.78, 5) is 36.5. The number of aryl methyl sites for hydroxylation is 1. The van der Waals surface area contributed by atoms with E-state index in [1.807, 2.05) is 24.3 Å². The van der Waals surface area contributed by atoms with Crippen LogP contribution in [0.15, 0.2) is 24.3 Å². The summed E-state index contributed by atoms with van der Waals surface area (Å²) in [5.41, 5.74) is 1.92. The molecule has 7 heteroatoms. The Hall–Kier alpha value is -2.41. The Labute approximate surface area is 141 Å². The molecule has 0 radical (unpaired) electrons. The zero-order valence-corrected chi connectivity index (χ0v) is 14.1. The maximum absolute atomic E-state index is 12.3. The first-order valence-corrected chi connectivity index (χ1v) is 8.11. The van der Waals surface area contributed by atoms with E-state index in [0.29, 0.717) is 13.1 Å². The molecule has 130 valence electrons. The van der Waals surface area contributed by atoms with Gasteiger partial charge in [0.15, 0.2) is 12.6 Å². The predicted octanol–water partition coefficient (Wildman–Crippen LogP) is -0.866. The number of carbonyl (C=O) groups is 3. The van der Waals surface area contributed by atoms with Gasteiger partial charge >= 0.3 is 5.97 Å². The van der Waals surface area contributed by atoms with Gasteiger partial charge in [-0.3, -0.25) is 14.4 Å². The van der Waals surface area contributed by atoms with Gasteiger partial charge in [-0.25, -0.2) is 0 Å². The molecule has 0 aromatic heterocycles. The van der Waals surface area contributed by atoms with E-state index < -0.39 is 12.0 Å². The Kier molecular flexibility index (Phi) is 6.31. The highest BCUT2D eigenvalue weighted by Gasteiger charge is 2.36. The lowest BCUT2D eigenvalue weighted by molar-refractivity contribution is -0.909. The van der Waals surface area contributed by atoms with E-state index in [9.17, 15) is 14.4 Å². The van der Waals surface area contributed by atoms with E-state index in [4.69, 9.17) is 0 Å². The summed E-state index contributed by atoms with van der Waals surface area (Å²) in [6, 6.07) is 7.06. The minimum absolute atomic E-state index is 0.0316. The Morgan fingerprint density at radius 3 is 2.67 bits per heavy atom. The van der Waals surface area contributed by atoms with Crippen molar-refractivity contribution in [3.8, 4) is 0 Å². The van der Waals surface area contributed by atoms with Gasteiger partial charge in [-0.1, -0.05) is 19.1 Å². The molecular weight excluding hydrogens is 310 g/mol. The van der Waals surface area contributed by atoms with E-state index in [1.165, 1.54) is 12.7 Å². The van der Waals surface area contributed by atoms with Gasteiger partial charge in [0.2, 0.25) is 0 Å². The van der Waals surface area contributed by atoms with Crippen molar-refractivity contribution in [3.05, 3.63) is 29.8 Å². The average molecular weight is 334 g/mol. The fraction of sp³-hybridized carbons (Fsp3) is 0.471. The number of hydrogen-bond acceptors (Lipinski definition) is 4. The van der Waals surface area contributed by atoms with Gasteiger partial charge in [0.25, 0.3) is 11.8 Å². The summed E-state index contributed by atoms with van der Waals surface area (Å²) in [6.07, 6.45) is 0.909. The number of nitrogens with one attached hydrogen (secondary N) is 3. The van der Waals surface area contributed by atoms with Gasteiger partial charge in [-0.2, -0.15) is 0 Å². The normalized spacial score (nSPS) is 20.2.